The molecule has 7 nitrogen and oxygen atoms in total. The number of piperazine rings is 1. The number of carbonyl (C=O) groups excluding carboxylic acids is 1. The molecule has 138 valence electrons. The van der Waals surface area contributed by atoms with Crippen molar-refractivity contribution in [1.29, 1.82) is 0 Å². The van der Waals surface area contributed by atoms with Crippen LogP contribution in [0.1, 0.15) is 6.92 Å². The first kappa shape index (κ1) is 17.2. The predicted molar refractivity (Wildman–Crippen MR) is 104 cm³/mol. The summed E-state index contributed by atoms with van der Waals surface area (Å²) in [6.07, 6.45) is 1.42. The van der Waals surface area contributed by atoms with E-state index in [0.29, 0.717) is 38.7 Å². The van der Waals surface area contributed by atoms with Crippen molar-refractivity contribution in [3.63, 3.8) is 0 Å². The predicted octanol–water partition coefficient (Wildman–Crippen LogP) is 2.97. The highest BCUT2D eigenvalue weighted by Crippen LogP contribution is 2.23. The molecule has 7 heteroatoms. The van der Waals surface area contributed by atoms with Crippen molar-refractivity contribution in [2.45, 2.75) is 6.92 Å². The number of benzene rings is 2. The Morgan fingerprint density at radius 2 is 1.85 bits per heavy atom. The first-order valence-electron chi connectivity index (χ1n) is 9.10. The van der Waals surface area contributed by atoms with Gasteiger partial charge in [0, 0.05) is 31.7 Å². The summed E-state index contributed by atoms with van der Waals surface area (Å²) in [5, 5.41) is 10.7. The lowest BCUT2D eigenvalue weighted by atomic mass is 10.1. The first-order chi connectivity index (χ1) is 13.2. The summed E-state index contributed by atoms with van der Waals surface area (Å²) in [5.74, 6) is 0.587. The van der Waals surface area contributed by atoms with E-state index in [1.54, 1.807) is 11.1 Å². The van der Waals surface area contributed by atoms with E-state index >= 15 is 0 Å². The molecule has 1 aromatic heterocycles. The third-order valence-corrected chi connectivity index (χ3v) is 4.68. The average molecular weight is 363 g/mol. The van der Waals surface area contributed by atoms with E-state index in [4.69, 9.17) is 9.72 Å². The van der Waals surface area contributed by atoms with Gasteiger partial charge in [-0.25, -0.2) is 9.78 Å². The van der Waals surface area contributed by atoms with Crippen molar-refractivity contribution in [3.8, 4) is 11.3 Å². The van der Waals surface area contributed by atoms with Gasteiger partial charge in [0.05, 0.1) is 18.5 Å². The second-order valence-electron chi connectivity index (χ2n) is 6.38. The number of amides is 1. The van der Waals surface area contributed by atoms with Gasteiger partial charge in [0.15, 0.2) is 0 Å². The molecule has 0 spiro atoms. The molecule has 2 heterocycles. The number of rotatable bonds is 3. The van der Waals surface area contributed by atoms with Crippen molar-refractivity contribution >= 4 is 22.8 Å². The number of hydrogen-bond acceptors (Lipinski definition) is 6. The van der Waals surface area contributed by atoms with E-state index < -0.39 is 0 Å². The lowest BCUT2D eigenvalue weighted by Crippen LogP contribution is -2.49. The lowest BCUT2D eigenvalue weighted by molar-refractivity contribution is 0.105. The zero-order valence-corrected chi connectivity index (χ0v) is 15.2. The van der Waals surface area contributed by atoms with Crippen molar-refractivity contribution in [1.82, 2.24) is 20.1 Å². The third-order valence-electron chi connectivity index (χ3n) is 4.68. The minimum atomic E-state index is -0.263. The van der Waals surface area contributed by atoms with Crippen LogP contribution in [0.3, 0.4) is 0 Å². The quantitative estimate of drug-likeness (QED) is 0.712. The smallest absolute Gasteiger partial charge is 0.409 e. The maximum Gasteiger partial charge on any atom is 0.409 e. The number of aromatic nitrogens is 3. The van der Waals surface area contributed by atoms with Crippen molar-refractivity contribution in [2.24, 2.45) is 0 Å². The summed E-state index contributed by atoms with van der Waals surface area (Å²) >= 11 is 0. The third kappa shape index (κ3) is 3.67. The normalized spacial score (nSPS) is 14.4. The first-order valence-corrected chi connectivity index (χ1v) is 9.10. The topological polar surface area (TPSA) is 71.5 Å². The summed E-state index contributed by atoms with van der Waals surface area (Å²) in [4.78, 5) is 20.3. The SMILES string of the molecule is CCOC(=O)N1CCN(c2nncc(-c3ccc4ccccc4c3)n2)CC1. The Balaban J connectivity index is 1.52. The molecular weight excluding hydrogens is 342 g/mol. The van der Waals surface area contributed by atoms with Crippen LogP contribution < -0.4 is 4.90 Å². The van der Waals surface area contributed by atoms with Gasteiger partial charge in [0.1, 0.15) is 0 Å². The molecule has 1 fully saturated rings. The Labute approximate surface area is 157 Å². The van der Waals surface area contributed by atoms with Gasteiger partial charge in [-0.2, -0.15) is 5.10 Å². The molecule has 0 N–H and O–H groups in total. The molecule has 1 aliphatic heterocycles. The highest BCUT2D eigenvalue weighted by Gasteiger charge is 2.23. The molecule has 3 aromatic rings. The summed E-state index contributed by atoms with van der Waals surface area (Å²) in [5.41, 5.74) is 1.80. The number of anilines is 1. The lowest BCUT2D eigenvalue weighted by Gasteiger charge is -2.33. The Bertz CT molecular complexity index is 954. The van der Waals surface area contributed by atoms with Crippen LogP contribution >= 0.6 is 0 Å². The molecule has 0 aliphatic carbocycles. The minimum absolute atomic E-state index is 0.263. The molecule has 1 aliphatic rings. The van der Waals surface area contributed by atoms with E-state index in [1.165, 1.54) is 10.8 Å². The van der Waals surface area contributed by atoms with Gasteiger partial charge < -0.3 is 14.5 Å². The van der Waals surface area contributed by atoms with Gasteiger partial charge in [0.2, 0.25) is 5.95 Å². The Kier molecular flexibility index (Phi) is 4.82. The molecule has 0 radical (unpaired) electrons. The molecule has 0 unspecified atom stereocenters. The van der Waals surface area contributed by atoms with Crippen molar-refractivity contribution in [3.05, 3.63) is 48.7 Å². The van der Waals surface area contributed by atoms with Gasteiger partial charge >= 0.3 is 6.09 Å². The van der Waals surface area contributed by atoms with Crippen molar-refractivity contribution < 1.29 is 9.53 Å². The molecular formula is C20H21N5O2. The molecule has 0 bridgehead atoms. The van der Waals surface area contributed by atoms with Gasteiger partial charge in [-0.15, -0.1) is 5.10 Å². The second-order valence-corrected chi connectivity index (χ2v) is 6.38. The number of nitrogens with zero attached hydrogens (tertiary/aromatic N) is 5. The standard InChI is InChI=1S/C20H21N5O2/c1-2-27-20(26)25-11-9-24(10-12-25)19-22-18(14-21-23-19)17-8-7-15-5-3-4-6-16(15)13-17/h3-8,13-14H,2,9-12H2,1H3. The average Bonchev–Trinajstić information content (AvgIpc) is 2.74. The summed E-state index contributed by atoms with van der Waals surface area (Å²) in [7, 11) is 0. The van der Waals surface area contributed by atoms with Crippen LogP contribution in [0.5, 0.6) is 0 Å². The van der Waals surface area contributed by atoms with Crippen LogP contribution in [0.25, 0.3) is 22.0 Å². The molecule has 1 saturated heterocycles. The van der Waals surface area contributed by atoms with Gasteiger partial charge in [-0.1, -0.05) is 36.4 Å². The fourth-order valence-corrected chi connectivity index (χ4v) is 3.22. The fraction of sp³-hybridized carbons (Fsp3) is 0.300. The largest absolute Gasteiger partial charge is 0.450 e. The van der Waals surface area contributed by atoms with Gasteiger partial charge in [0.25, 0.3) is 0 Å². The molecule has 0 saturated carbocycles. The van der Waals surface area contributed by atoms with E-state index in [9.17, 15) is 4.79 Å². The van der Waals surface area contributed by atoms with Gasteiger partial charge in [-0.05, 0) is 23.8 Å². The Morgan fingerprint density at radius 1 is 1.07 bits per heavy atom. The maximum absolute atomic E-state index is 11.8. The minimum Gasteiger partial charge on any atom is -0.450 e. The van der Waals surface area contributed by atoms with Crippen LogP contribution in [0, 0.1) is 0 Å². The van der Waals surface area contributed by atoms with Crippen molar-refractivity contribution in [2.75, 3.05) is 37.7 Å². The molecule has 2 aromatic carbocycles. The second kappa shape index (κ2) is 7.57. The van der Waals surface area contributed by atoms with Gasteiger partial charge in [-0.3, -0.25) is 0 Å². The zero-order valence-electron chi connectivity index (χ0n) is 15.2. The summed E-state index contributed by atoms with van der Waals surface area (Å²) in [6, 6.07) is 14.5. The highest BCUT2D eigenvalue weighted by atomic mass is 16.6. The number of ether oxygens (including phenoxy) is 1. The van der Waals surface area contributed by atoms with E-state index in [1.807, 2.05) is 24.0 Å². The van der Waals surface area contributed by atoms with Crippen LogP contribution in [0.15, 0.2) is 48.7 Å². The van der Waals surface area contributed by atoms with Crippen LogP contribution in [-0.4, -0.2) is 59.0 Å². The van der Waals surface area contributed by atoms with E-state index in [0.717, 1.165) is 11.3 Å². The molecule has 27 heavy (non-hydrogen) atoms. The number of hydrogen-bond donors (Lipinski definition) is 0. The number of fused-ring (bicyclic) bond motifs is 1. The Hall–Kier alpha value is -3.22. The summed E-state index contributed by atoms with van der Waals surface area (Å²) < 4.78 is 5.06. The van der Waals surface area contributed by atoms with Crippen LogP contribution in [0.4, 0.5) is 10.7 Å². The van der Waals surface area contributed by atoms with Crippen LogP contribution in [0.2, 0.25) is 0 Å². The molecule has 4 rings (SSSR count). The monoisotopic (exact) mass is 363 g/mol. The number of carbonyl (C=O) groups is 1. The molecule has 0 atom stereocenters. The van der Waals surface area contributed by atoms with Crippen LogP contribution in [-0.2, 0) is 4.74 Å². The fourth-order valence-electron chi connectivity index (χ4n) is 3.22. The summed E-state index contributed by atoms with van der Waals surface area (Å²) in [6.45, 7) is 4.68. The zero-order chi connectivity index (χ0) is 18.6. The maximum atomic E-state index is 11.8. The molecule has 1 amide bonds. The van der Waals surface area contributed by atoms with E-state index in [-0.39, 0.29) is 6.09 Å². The van der Waals surface area contributed by atoms with E-state index in [2.05, 4.69) is 40.5 Å². The Morgan fingerprint density at radius 3 is 2.63 bits per heavy atom. The highest BCUT2D eigenvalue weighted by molar-refractivity contribution is 5.86.